The number of carbonyl (C=O) groups excluding carboxylic acids is 1. The van der Waals surface area contributed by atoms with Crippen molar-refractivity contribution in [1.82, 2.24) is 4.90 Å². The molecule has 1 heterocycles. The maximum absolute atomic E-state index is 13.4. The van der Waals surface area contributed by atoms with E-state index in [-0.39, 0.29) is 11.4 Å². The Morgan fingerprint density at radius 3 is 2.09 bits per heavy atom. The van der Waals surface area contributed by atoms with Crippen LogP contribution in [0.2, 0.25) is 0 Å². The molecular formula is C27H42N4O. The maximum atomic E-state index is 13.4. The van der Waals surface area contributed by atoms with E-state index in [0.29, 0.717) is 31.4 Å². The first-order valence-corrected chi connectivity index (χ1v) is 13.0. The summed E-state index contributed by atoms with van der Waals surface area (Å²) in [5, 5.41) is 0. The fraction of sp³-hybridized carbons (Fsp3) is 0.704. The molecule has 5 heteroatoms. The molecule has 1 aromatic carbocycles. The molecule has 0 aromatic heterocycles. The van der Waals surface area contributed by atoms with Gasteiger partial charge in [-0.2, -0.15) is 0 Å². The number of aliphatic imine (C=N–C) groups is 1. The number of hydrogen-bond donors (Lipinski definition) is 2. The minimum Gasteiger partial charge on any atom is -0.369 e. The molecule has 3 aliphatic rings. The van der Waals surface area contributed by atoms with Crippen molar-refractivity contribution in [2.24, 2.45) is 28.3 Å². The van der Waals surface area contributed by atoms with Gasteiger partial charge in [-0.05, 0) is 42.2 Å². The van der Waals surface area contributed by atoms with Crippen molar-refractivity contribution in [2.75, 3.05) is 0 Å². The Morgan fingerprint density at radius 2 is 1.50 bits per heavy atom. The minimum atomic E-state index is -0.291. The minimum absolute atomic E-state index is 0.139. The predicted octanol–water partition coefficient (Wildman–Crippen LogP) is 5.26. The van der Waals surface area contributed by atoms with E-state index in [4.69, 9.17) is 16.5 Å². The molecule has 0 saturated heterocycles. The summed E-state index contributed by atoms with van der Waals surface area (Å²) in [6.07, 6.45) is 17.1. The van der Waals surface area contributed by atoms with Crippen molar-refractivity contribution in [2.45, 2.75) is 109 Å². The van der Waals surface area contributed by atoms with E-state index in [1.165, 1.54) is 70.6 Å². The highest BCUT2D eigenvalue weighted by Gasteiger charge is 2.41. The van der Waals surface area contributed by atoms with Gasteiger partial charge in [0.1, 0.15) is 0 Å². The molecule has 4 N–H and O–H groups in total. The lowest BCUT2D eigenvalue weighted by molar-refractivity contribution is -0.130. The highest BCUT2D eigenvalue weighted by Crippen LogP contribution is 2.41. The van der Waals surface area contributed by atoms with Crippen LogP contribution in [0.4, 0.5) is 0 Å². The number of benzene rings is 1. The lowest BCUT2D eigenvalue weighted by Gasteiger charge is -2.41. The zero-order valence-corrected chi connectivity index (χ0v) is 19.7. The van der Waals surface area contributed by atoms with Gasteiger partial charge in [-0.25, -0.2) is 4.99 Å². The summed E-state index contributed by atoms with van der Waals surface area (Å²) < 4.78 is 0. The molecule has 1 unspecified atom stereocenters. The first kappa shape index (κ1) is 23.3. The average Bonchev–Trinajstić information content (AvgIpc) is 2.82. The Bertz CT molecular complexity index is 777. The van der Waals surface area contributed by atoms with E-state index in [2.05, 4.69) is 0 Å². The SMILES string of the molecule is NCc1ccc(CN2C(=O)CC(CCC3CCCCC3)(CC3CCCCC3)N=C2N)cc1. The Kier molecular flexibility index (Phi) is 7.88. The molecule has 32 heavy (non-hydrogen) atoms. The average molecular weight is 439 g/mol. The molecule has 2 fully saturated rings. The molecule has 0 spiro atoms. The molecule has 0 radical (unpaired) electrons. The quantitative estimate of drug-likeness (QED) is 0.580. The number of hydrogen-bond acceptors (Lipinski definition) is 4. The Morgan fingerprint density at radius 1 is 0.906 bits per heavy atom. The van der Waals surface area contributed by atoms with E-state index in [1.807, 2.05) is 24.3 Å². The number of nitrogens with two attached hydrogens (primary N) is 2. The number of amides is 1. The molecule has 2 saturated carbocycles. The van der Waals surface area contributed by atoms with Crippen LogP contribution in [0.1, 0.15) is 101 Å². The Labute approximate surface area is 194 Å². The van der Waals surface area contributed by atoms with Crippen molar-refractivity contribution < 1.29 is 4.79 Å². The van der Waals surface area contributed by atoms with E-state index in [1.54, 1.807) is 4.90 Å². The normalized spacial score (nSPS) is 25.7. The fourth-order valence-electron chi connectivity index (χ4n) is 6.22. The standard InChI is InChI=1S/C27H42N4O/c28-19-23-11-13-24(14-12-23)20-31-25(32)18-27(30-26(31)29,17-22-9-5-2-6-10-22)16-15-21-7-3-1-4-8-21/h11-14,21-22H,1-10,15-20,28H2,(H2,29,30). The number of guanidine groups is 1. The van der Waals surface area contributed by atoms with Crippen molar-refractivity contribution in [3.8, 4) is 0 Å². The van der Waals surface area contributed by atoms with E-state index < -0.39 is 0 Å². The predicted molar refractivity (Wildman–Crippen MR) is 131 cm³/mol. The second-order valence-corrected chi connectivity index (χ2v) is 10.6. The number of rotatable bonds is 8. The smallest absolute Gasteiger partial charge is 0.232 e. The van der Waals surface area contributed by atoms with Crippen LogP contribution in [-0.4, -0.2) is 22.3 Å². The molecule has 2 aliphatic carbocycles. The monoisotopic (exact) mass is 438 g/mol. The maximum Gasteiger partial charge on any atom is 0.232 e. The van der Waals surface area contributed by atoms with Crippen molar-refractivity contribution in [3.05, 3.63) is 35.4 Å². The molecule has 1 amide bonds. The Hall–Kier alpha value is -1.88. The van der Waals surface area contributed by atoms with Gasteiger partial charge in [0, 0.05) is 6.54 Å². The van der Waals surface area contributed by atoms with Crippen LogP contribution in [0.25, 0.3) is 0 Å². The van der Waals surface area contributed by atoms with Crippen molar-refractivity contribution >= 4 is 11.9 Å². The molecule has 176 valence electrons. The van der Waals surface area contributed by atoms with E-state index in [9.17, 15) is 4.79 Å². The summed E-state index contributed by atoms with van der Waals surface area (Å²) in [6, 6.07) is 8.12. The summed E-state index contributed by atoms with van der Waals surface area (Å²) >= 11 is 0. The van der Waals surface area contributed by atoms with Crippen molar-refractivity contribution in [1.29, 1.82) is 0 Å². The molecule has 1 atom stereocenters. The van der Waals surface area contributed by atoms with Gasteiger partial charge >= 0.3 is 0 Å². The van der Waals surface area contributed by atoms with Crippen LogP contribution in [0.3, 0.4) is 0 Å². The van der Waals surface area contributed by atoms with Gasteiger partial charge in [0.2, 0.25) is 5.91 Å². The largest absolute Gasteiger partial charge is 0.369 e. The molecule has 1 aliphatic heterocycles. The lowest BCUT2D eigenvalue weighted by Crippen LogP contribution is -2.51. The van der Waals surface area contributed by atoms with Crippen LogP contribution in [0.5, 0.6) is 0 Å². The molecule has 5 nitrogen and oxygen atoms in total. The first-order valence-electron chi connectivity index (χ1n) is 13.0. The zero-order chi connectivity index (χ0) is 22.4. The second kappa shape index (κ2) is 10.8. The van der Waals surface area contributed by atoms with Crippen LogP contribution < -0.4 is 11.5 Å². The third-order valence-corrected chi connectivity index (χ3v) is 8.15. The summed E-state index contributed by atoms with van der Waals surface area (Å²) in [6.45, 7) is 1.01. The van der Waals surface area contributed by atoms with Crippen LogP contribution in [0, 0.1) is 11.8 Å². The van der Waals surface area contributed by atoms with Crippen molar-refractivity contribution in [3.63, 3.8) is 0 Å². The summed E-state index contributed by atoms with van der Waals surface area (Å²) in [5.74, 6) is 2.05. The summed E-state index contributed by atoms with van der Waals surface area (Å²) in [4.78, 5) is 20.2. The van der Waals surface area contributed by atoms with Gasteiger partial charge in [-0.3, -0.25) is 9.69 Å². The Balaban J connectivity index is 1.49. The first-order chi connectivity index (χ1) is 15.6. The van der Waals surface area contributed by atoms with Gasteiger partial charge in [-0.1, -0.05) is 88.5 Å². The van der Waals surface area contributed by atoms with Gasteiger partial charge in [-0.15, -0.1) is 0 Å². The van der Waals surface area contributed by atoms with Gasteiger partial charge in [0.25, 0.3) is 0 Å². The number of carbonyl (C=O) groups is 1. The summed E-state index contributed by atoms with van der Waals surface area (Å²) in [7, 11) is 0. The van der Waals surface area contributed by atoms with Gasteiger partial charge < -0.3 is 11.5 Å². The molecular weight excluding hydrogens is 396 g/mol. The van der Waals surface area contributed by atoms with Crippen LogP contribution >= 0.6 is 0 Å². The van der Waals surface area contributed by atoms with Gasteiger partial charge in [0.15, 0.2) is 5.96 Å². The van der Waals surface area contributed by atoms with E-state index >= 15 is 0 Å². The molecule has 0 bridgehead atoms. The fourth-order valence-corrected chi connectivity index (χ4v) is 6.22. The van der Waals surface area contributed by atoms with Crippen LogP contribution in [0.15, 0.2) is 29.3 Å². The third-order valence-electron chi connectivity index (χ3n) is 8.15. The van der Waals surface area contributed by atoms with E-state index in [0.717, 1.165) is 29.9 Å². The molecule has 4 rings (SSSR count). The topological polar surface area (TPSA) is 84.7 Å². The second-order valence-electron chi connectivity index (χ2n) is 10.6. The highest BCUT2D eigenvalue weighted by molar-refractivity contribution is 5.99. The number of nitrogens with zero attached hydrogens (tertiary/aromatic N) is 2. The molecule has 1 aromatic rings. The third kappa shape index (κ3) is 5.92. The highest BCUT2D eigenvalue weighted by atomic mass is 16.2. The summed E-state index contributed by atoms with van der Waals surface area (Å²) in [5.41, 5.74) is 14.1. The zero-order valence-electron chi connectivity index (χ0n) is 19.7. The lowest BCUT2D eigenvalue weighted by atomic mass is 9.73. The van der Waals surface area contributed by atoms with Gasteiger partial charge in [0.05, 0.1) is 18.5 Å². The van der Waals surface area contributed by atoms with Crippen LogP contribution in [-0.2, 0) is 17.9 Å².